The first-order valence-corrected chi connectivity index (χ1v) is 13.4. The van der Waals surface area contributed by atoms with E-state index in [1.807, 2.05) is 0 Å². The van der Waals surface area contributed by atoms with Crippen LogP contribution in [0.2, 0.25) is 0 Å². The lowest BCUT2D eigenvalue weighted by Crippen LogP contribution is -2.15. The Morgan fingerprint density at radius 1 is 0.519 bits per heavy atom. The molecule has 0 saturated heterocycles. The summed E-state index contributed by atoms with van der Waals surface area (Å²) in [5.74, 6) is 0.770. The van der Waals surface area contributed by atoms with E-state index in [1.54, 1.807) is 0 Å². The highest BCUT2D eigenvalue weighted by Crippen LogP contribution is 2.40. The maximum atomic E-state index is 5.99. The number of hydrogen-bond acceptors (Lipinski definition) is 0. The van der Waals surface area contributed by atoms with Crippen molar-refractivity contribution in [1.29, 1.82) is 0 Å². The van der Waals surface area contributed by atoms with E-state index in [9.17, 15) is 0 Å². The Morgan fingerprint density at radius 3 is 1.44 bits per heavy atom. The summed E-state index contributed by atoms with van der Waals surface area (Å²) in [6, 6.07) is 33.2. The molecule has 140 valence electrons. The molecular weight excluding hydrogens is 386 g/mol. The van der Waals surface area contributed by atoms with E-state index in [0.29, 0.717) is 0 Å². The van der Waals surface area contributed by atoms with Crippen LogP contribution in [0.3, 0.4) is 0 Å². The number of hydrogen-bond donors (Lipinski definition) is 0. The fourth-order valence-electron chi connectivity index (χ4n) is 3.30. The van der Waals surface area contributed by atoms with Gasteiger partial charge in [0.15, 0.2) is 0 Å². The fourth-order valence-corrected chi connectivity index (χ4v) is 8.64. The molecule has 0 aliphatic carbocycles. The predicted octanol–water partition coefficient (Wildman–Crippen LogP) is 5.95. The van der Waals surface area contributed by atoms with Crippen molar-refractivity contribution in [3.8, 4) is 0 Å². The summed E-state index contributed by atoms with van der Waals surface area (Å²) in [6.45, 7) is 0. The molecule has 0 bridgehead atoms. The molecule has 0 aliphatic rings. The second kappa shape index (κ2) is 11.6. The van der Waals surface area contributed by atoms with Gasteiger partial charge in [0.1, 0.15) is 0 Å². The molecule has 0 radical (unpaired) electrons. The van der Waals surface area contributed by atoms with E-state index in [0.717, 1.165) is 12.3 Å². The van der Waals surface area contributed by atoms with E-state index >= 15 is 0 Å². The lowest BCUT2D eigenvalue weighted by Gasteiger charge is -2.22. The van der Waals surface area contributed by atoms with Gasteiger partial charge in [0.2, 0.25) is 0 Å². The van der Waals surface area contributed by atoms with Gasteiger partial charge in [-0.15, -0.1) is 11.6 Å². The van der Waals surface area contributed by atoms with Crippen LogP contribution in [-0.2, 0) is 0 Å². The van der Waals surface area contributed by atoms with Crippen molar-refractivity contribution in [2.75, 3.05) is 24.4 Å². The molecule has 0 aliphatic heterocycles. The molecule has 3 heteroatoms. The van der Waals surface area contributed by atoms with Crippen LogP contribution >= 0.6 is 27.4 Å². The zero-order chi connectivity index (χ0) is 18.7. The van der Waals surface area contributed by atoms with Crippen LogP contribution in [0.25, 0.3) is 0 Å². The van der Waals surface area contributed by atoms with Crippen LogP contribution in [0.4, 0.5) is 0 Å². The van der Waals surface area contributed by atoms with Crippen molar-refractivity contribution >= 4 is 43.4 Å². The molecule has 0 saturated carbocycles. The van der Waals surface area contributed by atoms with Gasteiger partial charge < -0.3 is 0 Å². The Bertz CT molecular complexity index is 723. The molecule has 3 aromatic rings. The lowest BCUT2D eigenvalue weighted by atomic mass is 10.4. The minimum Gasteiger partial charge on any atom is -0.127 e. The molecule has 3 rings (SSSR count). The number of rotatable bonds is 10. The standard InChI is InChI=1S/C24H27ClP2/c25-18-10-19-26(22-12-4-1-5-13-22)20-11-21-27(23-14-6-2-7-15-23)24-16-8-3-9-17-24/h1-9,12-17H,10-11,18-21H2. The third kappa shape index (κ3) is 6.43. The topological polar surface area (TPSA) is 0 Å². The van der Waals surface area contributed by atoms with E-state index in [4.69, 9.17) is 11.6 Å². The van der Waals surface area contributed by atoms with Gasteiger partial charge in [-0.2, -0.15) is 0 Å². The average Bonchev–Trinajstić information content (AvgIpc) is 2.75. The minimum atomic E-state index is -0.279. The Hall–Kier alpha value is -1.19. The van der Waals surface area contributed by atoms with Crippen molar-refractivity contribution < 1.29 is 0 Å². The fraction of sp³-hybridized carbons (Fsp3) is 0.250. The number of halogens is 1. The van der Waals surface area contributed by atoms with Gasteiger partial charge in [-0.25, -0.2) is 0 Å². The quantitative estimate of drug-likeness (QED) is 0.285. The largest absolute Gasteiger partial charge is 0.127 e. The highest BCUT2D eigenvalue weighted by molar-refractivity contribution is 7.73. The summed E-state index contributed by atoms with van der Waals surface area (Å²) in [6.07, 6.45) is 6.20. The molecule has 0 amide bonds. The van der Waals surface area contributed by atoms with Crippen molar-refractivity contribution in [3.05, 3.63) is 91.0 Å². The summed E-state index contributed by atoms with van der Waals surface area (Å²) < 4.78 is 0. The zero-order valence-electron chi connectivity index (χ0n) is 15.7. The van der Waals surface area contributed by atoms with Gasteiger partial charge in [0, 0.05) is 5.88 Å². The van der Waals surface area contributed by atoms with Gasteiger partial charge in [-0.3, -0.25) is 0 Å². The molecule has 3 aromatic carbocycles. The molecule has 0 heterocycles. The molecule has 1 unspecified atom stereocenters. The highest BCUT2D eigenvalue weighted by atomic mass is 35.5. The monoisotopic (exact) mass is 412 g/mol. The first kappa shape index (κ1) is 20.5. The first-order chi connectivity index (χ1) is 13.4. The van der Waals surface area contributed by atoms with Crippen molar-refractivity contribution in [1.82, 2.24) is 0 Å². The smallest absolute Gasteiger partial charge is 0.0226 e. The van der Waals surface area contributed by atoms with Crippen molar-refractivity contribution in [2.45, 2.75) is 12.8 Å². The summed E-state index contributed by atoms with van der Waals surface area (Å²) in [4.78, 5) is 0. The molecule has 0 aromatic heterocycles. The number of benzene rings is 3. The Labute approximate surface area is 171 Å². The zero-order valence-corrected chi connectivity index (χ0v) is 18.2. The minimum absolute atomic E-state index is 0.104. The van der Waals surface area contributed by atoms with Crippen LogP contribution in [0.1, 0.15) is 12.8 Å². The molecule has 1 atom stereocenters. The van der Waals surface area contributed by atoms with E-state index < -0.39 is 0 Å². The second-order valence-electron chi connectivity index (χ2n) is 6.54. The first-order valence-electron chi connectivity index (χ1n) is 9.62. The predicted molar refractivity (Wildman–Crippen MR) is 127 cm³/mol. The van der Waals surface area contributed by atoms with Crippen LogP contribution < -0.4 is 15.9 Å². The maximum Gasteiger partial charge on any atom is 0.0226 e. The summed E-state index contributed by atoms with van der Waals surface area (Å²) in [5, 5.41) is 4.51. The molecule has 27 heavy (non-hydrogen) atoms. The summed E-state index contributed by atoms with van der Waals surface area (Å²) >= 11 is 5.99. The second-order valence-corrected chi connectivity index (χ2v) is 11.7. The van der Waals surface area contributed by atoms with Gasteiger partial charge >= 0.3 is 0 Å². The average molecular weight is 413 g/mol. The Kier molecular flexibility index (Phi) is 8.83. The van der Waals surface area contributed by atoms with Crippen LogP contribution in [0.5, 0.6) is 0 Å². The Balaban J connectivity index is 1.69. The molecule has 0 fully saturated rings. The van der Waals surface area contributed by atoms with E-state index in [2.05, 4.69) is 91.0 Å². The van der Waals surface area contributed by atoms with Crippen molar-refractivity contribution in [2.24, 2.45) is 0 Å². The third-order valence-electron chi connectivity index (χ3n) is 4.63. The normalized spacial score (nSPS) is 12.2. The van der Waals surface area contributed by atoms with E-state index in [-0.39, 0.29) is 15.8 Å². The highest BCUT2D eigenvalue weighted by Gasteiger charge is 2.15. The molecule has 0 spiro atoms. The lowest BCUT2D eigenvalue weighted by molar-refractivity contribution is 1.07. The van der Waals surface area contributed by atoms with Gasteiger partial charge in [0.25, 0.3) is 0 Å². The van der Waals surface area contributed by atoms with Gasteiger partial charge in [0.05, 0.1) is 0 Å². The SMILES string of the molecule is ClCCCP(CCCP(c1ccccc1)c1ccccc1)c1ccccc1. The number of alkyl halides is 1. The Morgan fingerprint density at radius 2 is 0.963 bits per heavy atom. The van der Waals surface area contributed by atoms with Gasteiger partial charge in [-0.05, 0) is 55.2 Å². The van der Waals surface area contributed by atoms with E-state index in [1.165, 1.54) is 40.8 Å². The third-order valence-corrected chi connectivity index (χ3v) is 10.2. The summed E-state index contributed by atoms with van der Waals surface area (Å²) in [5.41, 5.74) is 0. The molecule has 0 nitrogen and oxygen atoms in total. The van der Waals surface area contributed by atoms with Crippen LogP contribution in [-0.4, -0.2) is 24.4 Å². The van der Waals surface area contributed by atoms with Crippen molar-refractivity contribution in [3.63, 3.8) is 0 Å². The van der Waals surface area contributed by atoms with Crippen LogP contribution in [0.15, 0.2) is 91.0 Å². The molecule has 0 N–H and O–H groups in total. The van der Waals surface area contributed by atoms with Gasteiger partial charge in [-0.1, -0.05) is 98.9 Å². The molecular formula is C24H27ClP2. The summed E-state index contributed by atoms with van der Waals surface area (Å²) in [7, 11) is -0.383. The van der Waals surface area contributed by atoms with Crippen LogP contribution in [0, 0.1) is 0 Å². The maximum absolute atomic E-state index is 5.99.